The van der Waals surface area contributed by atoms with E-state index in [2.05, 4.69) is 5.32 Å². The van der Waals surface area contributed by atoms with Gasteiger partial charge in [0.25, 0.3) is 0 Å². The number of carbonyl (C=O) groups is 1. The lowest BCUT2D eigenvalue weighted by atomic mass is 10.0. The summed E-state index contributed by atoms with van der Waals surface area (Å²) in [5.74, 6) is -0.351. The number of nitrogens with zero attached hydrogens (tertiary/aromatic N) is 1. The van der Waals surface area contributed by atoms with Gasteiger partial charge in [-0.3, -0.25) is 4.79 Å². The molecule has 0 aromatic heterocycles. The molecule has 0 fully saturated rings. The third kappa shape index (κ3) is 5.04. The molecular weight excluding hydrogens is 360 g/mol. The van der Waals surface area contributed by atoms with Gasteiger partial charge in [0.15, 0.2) is 0 Å². The van der Waals surface area contributed by atoms with Crippen LogP contribution in [0.1, 0.15) is 24.9 Å². The van der Waals surface area contributed by atoms with E-state index in [9.17, 15) is 13.2 Å². The van der Waals surface area contributed by atoms with E-state index in [1.54, 1.807) is 0 Å². The zero-order valence-corrected chi connectivity index (χ0v) is 15.7. The van der Waals surface area contributed by atoms with Crippen LogP contribution in [0.4, 0.5) is 0 Å². The molecule has 2 aromatic rings. The van der Waals surface area contributed by atoms with Crippen LogP contribution in [-0.2, 0) is 14.8 Å². The standard InChI is InChI=1S/C18H21ClN2O3S/c1-3-17(14-7-5-4-6-8-14)20-18(22)13-21(2)25(23,24)16-11-9-15(19)10-12-16/h4-12,17H,3,13H2,1-2H3,(H,20,22). The number of benzene rings is 2. The van der Waals surface area contributed by atoms with Gasteiger partial charge in [-0.2, -0.15) is 4.31 Å². The van der Waals surface area contributed by atoms with Crippen molar-refractivity contribution in [1.29, 1.82) is 0 Å². The molecule has 0 aliphatic rings. The second-order valence-corrected chi connectivity index (χ2v) is 8.14. The van der Waals surface area contributed by atoms with Crippen molar-refractivity contribution in [2.24, 2.45) is 0 Å². The van der Waals surface area contributed by atoms with Gasteiger partial charge >= 0.3 is 0 Å². The summed E-state index contributed by atoms with van der Waals surface area (Å²) in [7, 11) is -2.36. The summed E-state index contributed by atoms with van der Waals surface area (Å²) in [6.07, 6.45) is 0.712. The fraction of sp³-hybridized carbons (Fsp3) is 0.278. The van der Waals surface area contributed by atoms with Crippen molar-refractivity contribution in [3.8, 4) is 0 Å². The van der Waals surface area contributed by atoms with Gasteiger partial charge in [-0.15, -0.1) is 0 Å². The highest BCUT2D eigenvalue weighted by Gasteiger charge is 2.23. The molecule has 1 amide bonds. The largest absolute Gasteiger partial charge is 0.348 e. The smallest absolute Gasteiger partial charge is 0.243 e. The quantitative estimate of drug-likeness (QED) is 0.801. The third-order valence-electron chi connectivity index (χ3n) is 3.83. The monoisotopic (exact) mass is 380 g/mol. The second kappa shape index (κ2) is 8.47. The van der Waals surface area contributed by atoms with E-state index in [1.807, 2.05) is 37.3 Å². The highest BCUT2D eigenvalue weighted by atomic mass is 35.5. The van der Waals surface area contributed by atoms with Crippen LogP contribution in [0.15, 0.2) is 59.5 Å². The van der Waals surface area contributed by atoms with Crippen molar-refractivity contribution in [3.63, 3.8) is 0 Å². The van der Waals surface area contributed by atoms with Gasteiger partial charge in [-0.25, -0.2) is 8.42 Å². The molecule has 25 heavy (non-hydrogen) atoms. The summed E-state index contributed by atoms with van der Waals surface area (Å²) in [5.41, 5.74) is 0.988. The molecule has 0 bridgehead atoms. The van der Waals surface area contributed by atoms with E-state index in [1.165, 1.54) is 31.3 Å². The normalized spacial score (nSPS) is 12.8. The molecule has 0 saturated heterocycles. The molecule has 5 nitrogen and oxygen atoms in total. The fourth-order valence-corrected chi connectivity index (χ4v) is 3.67. The maximum absolute atomic E-state index is 12.5. The molecule has 2 aromatic carbocycles. The highest BCUT2D eigenvalue weighted by molar-refractivity contribution is 7.89. The van der Waals surface area contributed by atoms with Crippen molar-refractivity contribution in [2.45, 2.75) is 24.3 Å². The zero-order chi connectivity index (χ0) is 18.4. The molecule has 7 heteroatoms. The first-order chi connectivity index (χ1) is 11.8. The lowest BCUT2D eigenvalue weighted by Gasteiger charge is -2.21. The number of carbonyl (C=O) groups excluding carboxylic acids is 1. The van der Waals surface area contributed by atoms with E-state index >= 15 is 0 Å². The molecular formula is C18H21ClN2O3S. The Labute approximate surface area is 153 Å². The summed E-state index contributed by atoms with van der Waals surface area (Å²) in [6, 6.07) is 15.3. The number of nitrogens with one attached hydrogen (secondary N) is 1. The summed E-state index contributed by atoms with van der Waals surface area (Å²) < 4.78 is 26.0. The topological polar surface area (TPSA) is 66.5 Å². The average molecular weight is 381 g/mol. The Kier molecular flexibility index (Phi) is 6.58. The number of hydrogen-bond acceptors (Lipinski definition) is 3. The van der Waals surface area contributed by atoms with E-state index < -0.39 is 10.0 Å². The Morgan fingerprint density at radius 1 is 1.12 bits per heavy atom. The van der Waals surface area contributed by atoms with Crippen LogP contribution in [-0.4, -0.2) is 32.2 Å². The van der Waals surface area contributed by atoms with Crippen molar-refractivity contribution in [3.05, 3.63) is 65.2 Å². The minimum absolute atomic E-state index is 0.0994. The molecule has 1 N–H and O–H groups in total. The molecule has 0 aliphatic heterocycles. The van der Waals surface area contributed by atoms with Crippen LogP contribution in [0.5, 0.6) is 0 Å². The predicted molar refractivity (Wildman–Crippen MR) is 98.9 cm³/mol. The Balaban J connectivity index is 2.05. The van der Waals surface area contributed by atoms with Crippen molar-refractivity contribution >= 4 is 27.5 Å². The first kappa shape index (κ1) is 19.4. The first-order valence-electron chi connectivity index (χ1n) is 7.90. The predicted octanol–water partition coefficient (Wildman–Crippen LogP) is 3.23. The van der Waals surface area contributed by atoms with Crippen LogP contribution in [0, 0.1) is 0 Å². The lowest BCUT2D eigenvalue weighted by molar-refractivity contribution is -0.121. The number of sulfonamides is 1. The maximum atomic E-state index is 12.5. The Bertz CT molecular complexity index is 808. The summed E-state index contributed by atoms with van der Waals surface area (Å²) >= 11 is 5.78. The third-order valence-corrected chi connectivity index (χ3v) is 5.90. The van der Waals surface area contributed by atoms with Crippen LogP contribution in [0.3, 0.4) is 0 Å². The Morgan fingerprint density at radius 2 is 1.72 bits per heavy atom. The van der Waals surface area contributed by atoms with E-state index in [4.69, 9.17) is 11.6 Å². The maximum Gasteiger partial charge on any atom is 0.243 e. The van der Waals surface area contributed by atoms with E-state index in [0.29, 0.717) is 11.4 Å². The van der Waals surface area contributed by atoms with Crippen LogP contribution < -0.4 is 5.32 Å². The van der Waals surface area contributed by atoms with E-state index in [0.717, 1.165) is 9.87 Å². The molecule has 2 rings (SSSR count). The van der Waals surface area contributed by atoms with Gasteiger partial charge in [-0.05, 0) is 36.2 Å². The van der Waals surface area contributed by atoms with Gasteiger partial charge < -0.3 is 5.32 Å². The van der Waals surface area contributed by atoms with Crippen molar-refractivity contribution in [2.75, 3.05) is 13.6 Å². The molecule has 1 atom stereocenters. The SMILES string of the molecule is CCC(NC(=O)CN(C)S(=O)(=O)c1ccc(Cl)cc1)c1ccccc1. The van der Waals surface area contributed by atoms with Gasteiger partial charge in [-0.1, -0.05) is 48.9 Å². The van der Waals surface area contributed by atoms with Crippen LogP contribution in [0.2, 0.25) is 5.02 Å². The molecule has 1 unspecified atom stereocenters. The number of likely N-dealkylation sites (N-methyl/N-ethyl adjacent to an activating group) is 1. The van der Waals surface area contributed by atoms with Gasteiger partial charge in [0.1, 0.15) is 0 Å². The Hall–Kier alpha value is -1.89. The van der Waals surface area contributed by atoms with Gasteiger partial charge in [0.2, 0.25) is 15.9 Å². The first-order valence-corrected chi connectivity index (χ1v) is 9.72. The fourth-order valence-electron chi connectivity index (χ4n) is 2.42. The molecule has 134 valence electrons. The molecule has 0 saturated carbocycles. The summed E-state index contributed by atoms with van der Waals surface area (Å²) in [6.45, 7) is 1.71. The van der Waals surface area contributed by atoms with Crippen molar-refractivity contribution in [1.82, 2.24) is 9.62 Å². The minimum Gasteiger partial charge on any atom is -0.348 e. The van der Waals surface area contributed by atoms with E-state index in [-0.39, 0.29) is 23.4 Å². The average Bonchev–Trinajstić information content (AvgIpc) is 2.60. The van der Waals surface area contributed by atoms with Gasteiger partial charge in [0, 0.05) is 12.1 Å². The molecule has 0 heterocycles. The van der Waals surface area contributed by atoms with Crippen molar-refractivity contribution < 1.29 is 13.2 Å². The zero-order valence-electron chi connectivity index (χ0n) is 14.1. The second-order valence-electron chi connectivity index (χ2n) is 5.65. The molecule has 0 radical (unpaired) electrons. The number of halogens is 1. The minimum atomic E-state index is -3.74. The summed E-state index contributed by atoms with van der Waals surface area (Å²) in [5, 5.41) is 3.33. The molecule has 0 aliphatic carbocycles. The van der Waals surface area contributed by atoms with Crippen LogP contribution in [0.25, 0.3) is 0 Å². The number of hydrogen-bond donors (Lipinski definition) is 1. The molecule has 0 spiro atoms. The Morgan fingerprint density at radius 3 is 2.28 bits per heavy atom. The lowest BCUT2D eigenvalue weighted by Crippen LogP contribution is -2.39. The summed E-state index contributed by atoms with van der Waals surface area (Å²) in [4.78, 5) is 12.4. The number of amides is 1. The van der Waals surface area contributed by atoms with Gasteiger partial charge in [0.05, 0.1) is 17.5 Å². The highest BCUT2D eigenvalue weighted by Crippen LogP contribution is 2.18. The number of rotatable bonds is 7. The van der Waals surface area contributed by atoms with Crippen LogP contribution >= 0.6 is 11.6 Å².